The number of halogens is 1. The minimum absolute atomic E-state index is 0.0171. The van der Waals surface area contributed by atoms with Gasteiger partial charge >= 0.3 is 5.69 Å². The van der Waals surface area contributed by atoms with Crippen LogP contribution in [0.1, 0.15) is 43.5 Å². The average Bonchev–Trinajstić information content (AvgIpc) is 3.45. The third-order valence-corrected chi connectivity index (χ3v) is 11.0. The first-order chi connectivity index (χ1) is 22.3. The van der Waals surface area contributed by atoms with E-state index in [4.69, 9.17) is 4.98 Å². The van der Waals surface area contributed by atoms with Gasteiger partial charge in [-0.15, -0.1) is 0 Å². The number of pyridine rings is 2. The molecule has 0 spiro atoms. The summed E-state index contributed by atoms with van der Waals surface area (Å²) in [6.45, 7) is 13.1. The molecule has 1 N–H and O–H groups in total. The number of nitrogens with one attached hydrogen (secondary N) is 1. The third kappa shape index (κ3) is 4.56. The second kappa shape index (κ2) is 10.8. The number of hydrogen-bond donors (Lipinski definition) is 1. The summed E-state index contributed by atoms with van der Waals surface area (Å²) in [4.78, 5) is 43.6. The number of carbonyl (C=O) groups excluding carboxylic acids is 1. The van der Waals surface area contributed by atoms with Gasteiger partial charge in [-0.1, -0.05) is 26.5 Å². The van der Waals surface area contributed by atoms with Crippen LogP contribution in [0.2, 0.25) is 0 Å². The van der Waals surface area contributed by atoms with E-state index in [-0.39, 0.29) is 47.5 Å². The molecule has 14 heteroatoms. The van der Waals surface area contributed by atoms with Crippen molar-refractivity contribution in [3.8, 4) is 16.9 Å². The summed E-state index contributed by atoms with van der Waals surface area (Å²) in [5, 5.41) is 7.47. The van der Waals surface area contributed by atoms with Gasteiger partial charge in [0.05, 0.1) is 40.3 Å². The van der Waals surface area contributed by atoms with Gasteiger partial charge in [-0.05, 0) is 56.0 Å². The molecule has 2 aliphatic heterocycles. The molecule has 0 radical (unpaired) electrons. The Hall–Kier alpha value is -4.98. The normalized spacial score (nSPS) is 18.9. The largest absolute Gasteiger partial charge is 0.355 e. The van der Waals surface area contributed by atoms with Crippen LogP contribution in [0.5, 0.6) is 0 Å². The number of amides is 1. The Balaban J connectivity index is 1.67. The molecule has 2 unspecified atom stereocenters. The standard InChI is InChI=1S/C33H33FN8O4S/c1-7-23(43)40-13-19(6)41-20(14-40)15-47(45,46)30-25-31(37-28(26(30)34)24-17(4)8-9-22-21(24)12-36-39-22)42(33(44)38-32(25)41)29-18(5)10-11-35-27(29)16(2)3/h7-12,16,19-20H,1,13-15H2,2-6H3,(H,36,39). The van der Waals surface area contributed by atoms with Gasteiger partial charge in [0, 0.05) is 36.3 Å². The van der Waals surface area contributed by atoms with E-state index in [1.54, 1.807) is 36.2 Å². The molecule has 12 nitrogen and oxygen atoms in total. The van der Waals surface area contributed by atoms with Crippen LogP contribution in [0.4, 0.5) is 10.2 Å². The Morgan fingerprint density at radius 3 is 2.64 bits per heavy atom. The first kappa shape index (κ1) is 30.7. The molecule has 0 saturated carbocycles. The van der Waals surface area contributed by atoms with E-state index >= 15 is 4.39 Å². The van der Waals surface area contributed by atoms with Crippen LogP contribution in [0.15, 0.2) is 52.9 Å². The number of anilines is 1. The second-order valence-corrected chi connectivity index (χ2v) is 14.6. The molecular weight excluding hydrogens is 623 g/mol. The van der Waals surface area contributed by atoms with E-state index in [2.05, 4.69) is 26.7 Å². The van der Waals surface area contributed by atoms with Gasteiger partial charge in [-0.3, -0.25) is 14.9 Å². The zero-order valence-corrected chi connectivity index (χ0v) is 27.4. The SMILES string of the molecule is C=CC(=O)N1CC(C)N2c3nc(=O)n(-c4c(C)ccnc4C(C)C)c4nc(-c5c(C)ccc6[nH]ncc56)c(F)c(c34)S(=O)(=O)CC2C1. The lowest BCUT2D eigenvalue weighted by atomic mass is 9.99. The molecule has 5 aromatic rings. The van der Waals surface area contributed by atoms with Crippen molar-refractivity contribution in [3.05, 3.63) is 76.4 Å². The van der Waals surface area contributed by atoms with Gasteiger partial charge < -0.3 is 9.80 Å². The Morgan fingerprint density at radius 2 is 1.91 bits per heavy atom. The number of hydrogen-bond acceptors (Lipinski definition) is 9. The van der Waals surface area contributed by atoms with Crippen molar-refractivity contribution in [1.29, 1.82) is 0 Å². The maximum absolute atomic E-state index is 17.3. The molecule has 1 saturated heterocycles. The van der Waals surface area contributed by atoms with Gasteiger partial charge in [-0.25, -0.2) is 27.2 Å². The molecule has 4 aromatic heterocycles. The second-order valence-electron chi connectivity index (χ2n) is 12.6. The maximum atomic E-state index is 17.3. The van der Waals surface area contributed by atoms with Crippen molar-refractivity contribution in [1.82, 2.24) is 34.6 Å². The molecule has 242 valence electrons. The number of H-pyrrole nitrogens is 1. The molecule has 1 amide bonds. The van der Waals surface area contributed by atoms with Crippen molar-refractivity contribution in [2.45, 2.75) is 57.5 Å². The fraction of sp³-hybridized carbons (Fsp3) is 0.333. The van der Waals surface area contributed by atoms with Crippen LogP contribution >= 0.6 is 0 Å². The predicted molar refractivity (Wildman–Crippen MR) is 176 cm³/mol. The highest BCUT2D eigenvalue weighted by molar-refractivity contribution is 7.91. The molecule has 2 atom stereocenters. The summed E-state index contributed by atoms with van der Waals surface area (Å²) in [5.41, 5.74) is 2.27. The van der Waals surface area contributed by atoms with E-state index in [9.17, 15) is 18.0 Å². The summed E-state index contributed by atoms with van der Waals surface area (Å²) in [6.07, 6.45) is 4.36. The smallest absolute Gasteiger partial charge is 0.346 e. The topological polar surface area (TPSA) is 147 Å². The Kier molecular flexibility index (Phi) is 7.04. The first-order valence-corrected chi connectivity index (χ1v) is 17.0. The molecule has 47 heavy (non-hydrogen) atoms. The number of aryl methyl sites for hydroxylation is 2. The van der Waals surface area contributed by atoms with Gasteiger partial charge in [0.2, 0.25) is 5.91 Å². The van der Waals surface area contributed by atoms with E-state index in [1.807, 2.05) is 27.7 Å². The lowest BCUT2D eigenvalue weighted by molar-refractivity contribution is -0.127. The summed E-state index contributed by atoms with van der Waals surface area (Å²) < 4.78 is 47.5. The van der Waals surface area contributed by atoms with Crippen LogP contribution in [0, 0.1) is 19.7 Å². The third-order valence-electron chi connectivity index (χ3n) is 9.14. The molecule has 0 aliphatic carbocycles. The van der Waals surface area contributed by atoms with Gasteiger partial charge in [0.1, 0.15) is 16.4 Å². The van der Waals surface area contributed by atoms with E-state index in [0.29, 0.717) is 39.0 Å². The molecule has 6 heterocycles. The van der Waals surface area contributed by atoms with Gasteiger partial charge in [0.15, 0.2) is 21.3 Å². The lowest BCUT2D eigenvalue weighted by Gasteiger charge is -2.45. The summed E-state index contributed by atoms with van der Waals surface area (Å²) in [5.74, 6) is -2.02. The fourth-order valence-corrected chi connectivity index (χ4v) is 8.90. The Labute approximate surface area is 269 Å². The highest BCUT2D eigenvalue weighted by Gasteiger charge is 2.44. The number of sulfone groups is 1. The van der Waals surface area contributed by atoms with E-state index in [0.717, 1.165) is 0 Å². The quantitative estimate of drug-likeness (QED) is 0.284. The molecule has 7 rings (SSSR count). The van der Waals surface area contributed by atoms with Crippen LogP contribution in [0.25, 0.3) is 38.9 Å². The number of aromatic amines is 1. The van der Waals surface area contributed by atoms with Crippen LogP contribution in [0.3, 0.4) is 0 Å². The predicted octanol–water partition coefficient (Wildman–Crippen LogP) is 3.98. The number of fused-ring (bicyclic) bond motifs is 3. The van der Waals surface area contributed by atoms with Crippen molar-refractivity contribution >= 4 is 43.5 Å². The number of rotatable bonds is 4. The minimum Gasteiger partial charge on any atom is -0.346 e. The van der Waals surface area contributed by atoms with Gasteiger partial charge in [0.25, 0.3) is 0 Å². The molecule has 1 aromatic carbocycles. The van der Waals surface area contributed by atoms with Crippen molar-refractivity contribution in [2.24, 2.45) is 0 Å². The number of nitrogens with zero attached hydrogens (tertiary/aromatic N) is 7. The monoisotopic (exact) mass is 656 g/mol. The first-order valence-electron chi connectivity index (χ1n) is 15.3. The van der Waals surface area contributed by atoms with E-state index in [1.165, 1.54) is 21.7 Å². The number of benzene rings is 1. The molecule has 1 fully saturated rings. The lowest BCUT2D eigenvalue weighted by Crippen LogP contribution is -2.61. The van der Waals surface area contributed by atoms with Crippen molar-refractivity contribution in [3.63, 3.8) is 0 Å². The fourth-order valence-electron chi connectivity index (χ4n) is 7.10. The summed E-state index contributed by atoms with van der Waals surface area (Å²) in [7, 11) is -4.41. The zero-order chi connectivity index (χ0) is 33.5. The maximum Gasteiger partial charge on any atom is 0.355 e. The van der Waals surface area contributed by atoms with Crippen molar-refractivity contribution in [2.75, 3.05) is 23.7 Å². The van der Waals surface area contributed by atoms with E-state index < -0.39 is 44.1 Å². The highest BCUT2D eigenvalue weighted by Crippen LogP contribution is 2.43. The van der Waals surface area contributed by atoms with Gasteiger partial charge in [-0.2, -0.15) is 10.1 Å². The molecule has 2 aliphatic rings. The number of aromatic nitrogens is 6. The Bertz CT molecular complexity index is 2330. The van der Waals surface area contributed by atoms with Crippen molar-refractivity contribution < 1.29 is 17.6 Å². The summed E-state index contributed by atoms with van der Waals surface area (Å²) >= 11 is 0. The average molecular weight is 657 g/mol. The minimum atomic E-state index is -4.41. The summed E-state index contributed by atoms with van der Waals surface area (Å²) in [6, 6.07) is 4.03. The molecule has 0 bridgehead atoms. The van der Waals surface area contributed by atoms with Crippen LogP contribution < -0.4 is 10.6 Å². The Morgan fingerprint density at radius 1 is 1.15 bits per heavy atom. The zero-order valence-electron chi connectivity index (χ0n) is 26.6. The number of carbonyl (C=O) groups is 1. The number of piperazine rings is 1. The van der Waals surface area contributed by atoms with Crippen LogP contribution in [-0.2, 0) is 14.6 Å². The molecular formula is C33H33FN8O4S. The van der Waals surface area contributed by atoms with Crippen LogP contribution in [-0.4, -0.2) is 79.9 Å². The highest BCUT2D eigenvalue weighted by atomic mass is 32.2.